The Morgan fingerprint density at radius 1 is 1.27 bits per heavy atom. The molecule has 0 aromatic rings. The summed E-state index contributed by atoms with van der Waals surface area (Å²) in [5, 5.41) is 1.85. The van der Waals surface area contributed by atoms with Crippen LogP contribution in [0.15, 0.2) is 0 Å². The van der Waals surface area contributed by atoms with Gasteiger partial charge in [0, 0.05) is 26.1 Å². The summed E-state index contributed by atoms with van der Waals surface area (Å²) in [6.45, 7) is 3.59. The molecule has 0 aromatic carbocycles. The molecule has 1 amide bonds. The van der Waals surface area contributed by atoms with E-state index in [9.17, 15) is 4.79 Å². The van der Waals surface area contributed by atoms with Crippen molar-refractivity contribution in [2.45, 2.75) is 12.0 Å². The van der Waals surface area contributed by atoms with Crippen molar-refractivity contribution in [2.75, 3.05) is 39.5 Å². The van der Waals surface area contributed by atoms with Gasteiger partial charge in [0.05, 0.1) is 19.8 Å². The van der Waals surface area contributed by atoms with Gasteiger partial charge in [-0.25, -0.2) is 5.01 Å². The fraction of sp³-hybridized carbons (Fsp3) is 0.889. The van der Waals surface area contributed by atoms with Crippen LogP contribution < -0.4 is 11.2 Å². The monoisotopic (exact) mass is 215 g/mol. The predicted molar refractivity (Wildman–Crippen MR) is 52.9 cm³/mol. The Morgan fingerprint density at radius 3 is 2.60 bits per heavy atom. The Kier molecular flexibility index (Phi) is 3.20. The molecule has 0 aliphatic carbocycles. The normalized spacial score (nSPS) is 32.9. The third-order valence-electron chi connectivity index (χ3n) is 2.78. The summed E-state index contributed by atoms with van der Waals surface area (Å²) in [6, 6.07) is 0. The average molecular weight is 215 g/mol. The third kappa shape index (κ3) is 2.46. The molecule has 6 nitrogen and oxygen atoms in total. The number of nitrogens with zero attached hydrogens (tertiary/aromatic N) is 1. The molecule has 15 heavy (non-hydrogen) atoms. The van der Waals surface area contributed by atoms with Gasteiger partial charge in [0.15, 0.2) is 0 Å². The Balaban J connectivity index is 1.85. The fourth-order valence-corrected chi connectivity index (χ4v) is 1.69. The summed E-state index contributed by atoms with van der Waals surface area (Å²) in [5.41, 5.74) is 7.89. The smallest absolute Gasteiger partial charge is 0.256 e. The number of ether oxygens (including phenoxy) is 2. The lowest BCUT2D eigenvalue weighted by Crippen LogP contribution is -2.60. The minimum absolute atomic E-state index is 0.151. The third-order valence-corrected chi connectivity index (χ3v) is 2.78. The lowest BCUT2D eigenvalue weighted by Gasteiger charge is -2.30. The Hall–Kier alpha value is -0.690. The standard InChI is InChI=1S/C9H17N3O3/c10-9(1-4-15-7-9)8(13)11-12-2-5-14-6-3-12/h1-7,10H2,(H,11,13). The zero-order chi connectivity index (χ0) is 10.7. The van der Waals surface area contributed by atoms with E-state index in [4.69, 9.17) is 15.2 Å². The van der Waals surface area contributed by atoms with Crippen molar-refractivity contribution in [1.82, 2.24) is 10.4 Å². The minimum Gasteiger partial charge on any atom is -0.379 e. The number of carbonyl (C=O) groups is 1. The largest absolute Gasteiger partial charge is 0.379 e. The molecular formula is C9H17N3O3. The lowest BCUT2D eigenvalue weighted by molar-refractivity contribution is -0.133. The summed E-state index contributed by atoms with van der Waals surface area (Å²) in [4.78, 5) is 11.8. The number of hydrogen-bond donors (Lipinski definition) is 2. The molecule has 2 aliphatic heterocycles. The maximum absolute atomic E-state index is 11.8. The second-order valence-electron chi connectivity index (χ2n) is 4.00. The van der Waals surface area contributed by atoms with Gasteiger partial charge >= 0.3 is 0 Å². The van der Waals surface area contributed by atoms with Crippen LogP contribution in [0.1, 0.15) is 6.42 Å². The van der Waals surface area contributed by atoms with Crippen LogP contribution in [0.25, 0.3) is 0 Å². The number of amides is 1. The second kappa shape index (κ2) is 4.44. The van der Waals surface area contributed by atoms with Gasteiger partial charge in [0.25, 0.3) is 5.91 Å². The molecule has 2 saturated heterocycles. The highest BCUT2D eigenvalue weighted by atomic mass is 16.5. The zero-order valence-corrected chi connectivity index (χ0v) is 8.70. The lowest BCUT2D eigenvalue weighted by atomic mass is 10.00. The summed E-state index contributed by atoms with van der Waals surface area (Å²) in [7, 11) is 0. The topological polar surface area (TPSA) is 76.8 Å². The van der Waals surface area contributed by atoms with E-state index < -0.39 is 5.54 Å². The van der Waals surface area contributed by atoms with Crippen molar-refractivity contribution >= 4 is 5.91 Å². The molecule has 0 saturated carbocycles. The molecule has 0 bridgehead atoms. The number of hydrazine groups is 1. The average Bonchev–Trinajstić information content (AvgIpc) is 2.68. The van der Waals surface area contributed by atoms with Crippen LogP contribution in [-0.4, -0.2) is 56.0 Å². The van der Waals surface area contributed by atoms with Crippen LogP contribution in [0.2, 0.25) is 0 Å². The van der Waals surface area contributed by atoms with Crippen molar-refractivity contribution < 1.29 is 14.3 Å². The van der Waals surface area contributed by atoms with Gasteiger partial charge in [-0.3, -0.25) is 10.2 Å². The SMILES string of the molecule is NC1(C(=O)NN2CCOCC2)CCOC1. The highest BCUT2D eigenvalue weighted by Crippen LogP contribution is 2.15. The number of morpholine rings is 1. The van der Waals surface area contributed by atoms with E-state index in [0.29, 0.717) is 45.9 Å². The van der Waals surface area contributed by atoms with Gasteiger partial charge in [-0.1, -0.05) is 0 Å². The van der Waals surface area contributed by atoms with Crippen molar-refractivity contribution in [2.24, 2.45) is 5.73 Å². The predicted octanol–water partition coefficient (Wildman–Crippen LogP) is -1.53. The molecule has 1 atom stereocenters. The van der Waals surface area contributed by atoms with E-state index in [1.54, 1.807) is 0 Å². The highest BCUT2D eigenvalue weighted by Gasteiger charge is 2.39. The molecular weight excluding hydrogens is 198 g/mol. The van der Waals surface area contributed by atoms with Crippen molar-refractivity contribution in [1.29, 1.82) is 0 Å². The first-order valence-electron chi connectivity index (χ1n) is 5.21. The van der Waals surface area contributed by atoms with Crippen LogP contribution >= 0.6 is 0 Å². The molecule has 0 spiro atoms. The van der Waals surface area contributed by atoms with E-state index >= 15 is 0 Å². The van der Waals surface area contributed by atoms with Crippen LogP contribution in [0, 0.1) is 0 Å². The molecule has 0 radical (unpaired) electrons. The molecule has 2 heterocycles. The molecule has 6 heteroatoms. The zero-order valence-electron chi connectivity index (χ0n) is 8.70. The van der Waals surface area contributed by atoms with Gasteiger partial charge in [0.2, 0.25) is 0 Å². The number of rotatable bonds is 2. The minimum atomic E-state index is -0.849. The van der Waals surface area contributed by atoms with E-state index in [1.165, 1.54) is 0 Å². The first-order chi connectivity index (χ1) is 7.21. The van der Waals surface area contributed by atoms with Crippen molar-refractivity contribution in [3.8, 4) is 0 Å². The van der Waals surface area contributed by atoms with Crippen molar-refractivity contribution in [3.63, 3.8) is 0 Å². The summed E-state index contributed by atoms with van der Waals surface area (Å²) in [5.74, 6) is -0.151. The van der Waals surface area contributed by atoms with Crippen LogP contribution in [0.5, 0.6) is 0 Å². The molecule has 0 aromatic heterocycles. The van der Waals surface area contributed by atoms with E-state index in [-0.39, 0.29) is 5.91 Å². The van der Waals surface area contributed by atoms with Gasteiger partial charge in [-0.2, -0.15) is 0 Å². The first kappa shape index (κ1) is 10.8. The second-order valence-corrected chi connectivity index (χ2v) is 4.00. The number of hydrogen-bond acceptors (Lipinski definition) is 5. The molecule has 1 unspecified atom stereocenters. The molecule has 2 fully saturated rings. The fourth-order valence-electron chi connectivity index (χ4n) is 1.69. The van der Waals surface area contributed by atoms with Crippen LogP contribution in [0.4, 0.5) is 0 Å². The number of nitrogens with one attached hydrogen (secondary N) is 1. The van der Waals surface area contributed by atoms with Gasteiger partial charge in [-0.15, -0.1) is 0 Å². The molecule has 2 aliphatic rings. The molecule has 86 valence electrons. The highest BCUT2D eigenvalue weighted by molar-refractivity contribution is 5.86. The Labute approximate surface area is 88.7 Å². The first-order valence-corrected chi connectivity index (χ1v) is 5.21. The van der Waals surface area contributed by atoms with Gasteiger partial charge in [-0.05, 0) is 0 Å². The van der Waals surface area contributed by atoms with Crippen molar-refractivity contribution in [3.05, 3.63) is 0 Å². The summed E-state index contributed by atoms with van der Waals surface area (Å²) >= 11 is 0. The summed E-state index contributed by atoms with van der Waals surface area (Å²) < 4.78 is 10.3. The van der Waals surface area contributed by atoms with Gasteiger partial charge in [0.1, 0.15) is 5.54 Å². The Bertz CT molecular complexity index is 235. The number of carbonyl (C=O) groups excluding carboxylic acids is 1. The number of nitrogens with two attached hydrogens (primary N) is 1. The van der Waals surface area contributed by atoms with Crippen LogP contribution in [0.3, 0.4) is 0 Å². The molecule has 3 N–H and O–H groups in total. The molecule has 2 rings (SSSR count). The van der Waals surface area contributed by atoms with Gasteiger partial charge < -0.3 is 15.2 Å². The Morgan fingerprint density at radius 2 is 2.00 bits per heavy atom. The van der Waals surface area contributed by atoms with E-state index in [1.807, 2.05) is 5.01 Å². The van der Waals surface area contributed by atoms with E-state index in [0.717, 1.165) is 0 Å². The van der Waals surface area contributed by atoms with Crippen LogP contribution in [-0.2, 0) is 14.3 Å². The maximum Gasteiger partial charge on any atom is 0.256 e. The quantitative estimate of drug-likeness (QED) is 0.584. The summed E-state index contributed by atoms with van der Waals surface area (Å²) in [6.07, 6.45) is 0.586. The van der Waals surface area contributed by atoms with E-state index in [2.05, 4.69) is 5.43 Å². The maximum atomic E-state index is 11.8.